The van der Waals surface area contributed by atoms with E-state index in [-0.39, 0.29) is 5.56 Å². The van der Waals surface area contributed by atoms with E-state index in [1.165, 1.54) is 18.2 Å². The van der Waals surface area contributed by atoms with Gasteiger partial charge in [0, 0.05) is 5.92 Å². The Balaban J connectivity index is 2.42. The minimum absolute atomic E-state index is 0.0197. The van der Waals surface area contributed by atoms with Gasteiger partial charge in [-0.15, -0.1) is 0 Å². The molecule has 2 rings (SSSR count). The Bertz CT molecular complexity index is 454. The Labute approximate surface area is 102 Å². The minimum Gasteiger partial charge on any atom is -0.385 e. The van der Waals surface area contributed by atoms with Crippen molar-refractivity contribution < 1.29 is 23.1 Å². The van der Waals surface area contributed by atoms with Crippen LogP contribution in [-0.2, 0) is 11.0 Å². The van der Waals surface area contributed by atoms with Crippen molar-refractivity contribution in [3.05, 3.63) is 35.4 Å². The van der Waals surface area contributed by atoms with Gasteiger partial charge in [-0.3, -0.25) is 4.79 Å². The quantitative estimate of drug-likeness (QED) is 0.841. The lowest BCUT2D eigenvalue weighted by Crippen LogP contribution is -2.32. The van der Waals surface area contributed by atoms with Crippen molar-refractivity contribution in [3.8, 4) is 0 Å². The molecule has 1 N–H and O–H groups in total. The Morgan fingerprint density at radius 1 is 1.17 bits per heavy atom. The van der Waals surface area contributed by atoms with Crippen LogP contribution in [0.25, 0.3) is 0 Å². The lowest BCUT2D eigenvalue weighted by atomic mass is 9.79. The fraction of sp³-hybridized carbons (Fsp3) is 0.462. The molecule has 98 valence electrons. The van der Waals surface area contributed by atoms with E-state index in [1.54, 1.807) is 0 Å². The summed E-state index contributed by atoms with van der Waals surface area (Å²) in [5.41, 5.74) is -0.800. The summed E-state index contributed by atoms with van der Waals surface area (Å²) in [6.07, 6.45) is -4.35. The zero-order valence-electron chi connectivity index (χ0n) is 9.57. The van der Waals surface area contributed by atoms with Gasteiger partial charge in [0.05, 0.1) is 5.56 Å². The number of carbonyl (C=O) groups excluding carboxylic acids is 1. The van der Waals surface area contributed by atoms with Gasteiger partial charge in [0.1, 0.15) is 6.10 Å². The van der Waals surface area contributed by atoms with E-state index in [0.29, 0.717) is 19.3 Å². The van der Waals surface area contributed by atoms with Crippen LogP contribution in [0.4, 0.5) is 13.2 Å². The highest BCUT2D eigenvalue weighted by atomic mass is 19.4. The number of hydrogen-bond donors (Lipinski definition) is 1. The van der Waals surface area contributed by atoms with Gasteiger partial charge in [-0.1, -0.05) is 18.2 Å². The predicted molar refractivity (Wildman–Crippen MR) is 59.0 cm³/mol. The monoisotopic (exact) mass is 258 g/mol. The summed E-state index contributed by atoms with van der Waals surface area (Å²) in [5.74, 6) is -1.34. The maximum atomic E-state index is 12.9. The molecule has 1 aliphatic carbocycles. The molecule has 0 saturated heterocycles. The number of rotatable bonds is 1. The van der Waals surface area contributed by atoms with Gasteiger partial charge < -0.3 is 5.11 Å². The zero-order chi connectivity index (χ0) is 13.3. The highest BCUT2D eigenvalue weighted by Crippen LogP contribution is 2.39. The van der Waals surface area contributed by atoms with Crippen molar-refractivity contribution in [1.29, 1.82) is 0 Å². The molecule has 2 nitrogen and oxygen atoms in total. The number of ketones is 1. The normalized spacial score (nSPS) is 25.2. The number of aliphatic hydroxyl groups is 1. The molecule has 0 radical (unpaired) electrons. The van der Waals surface area contributed by atoms with Gasteiger partial charge in [0.25, 0.3) is 0 Å². The Hall–Kier alpha value is -1.36. The lowest BCUT2D eigenvalue weighted by Gasteiger charge is -2.26. The van der Waals surface area contributed by atoms with Crippen LogP contribution in [0.1, 0.15) is 36.3 Å². The fourth-order valence-electron chi connectivity index (χ4n) is 2.40. The summed E-state index contributed by atoms with van der Waals surface area (Å²) in [6, 6.07) is 5.09. The summed E-state index contributed by atoms with van der Waals surface area (Å²) in [7, 11) is 0. The van der Waals surface area contributed by atoms with E-state index in [9.17, 15) is 23.1 Å². The topological polar surface area (TPSA) is 37.3 Å². The van der Waals surface area contributed by atoms with E-state index >= 15 is 0 Å². The molecule has 1 fully saturated rings. The second kappa shape index (κ2) is 4.72. The first-order valence-corrected chi connectivity index (χ1v) is 5.79. The van der Waals surface area contributed by atoms with Crippen LogP contribution >= 0.6 is 0 Å². The lowest BCUT2D eigenvalue weighted by molar-refractivity contribution is -0.139. The largest absolute Gasteiger partial charge is 0.416 e. The summed E-state index contributed by atoms with van der Waals surface area (Å²) in [4.78, 5) is 11.8. The highest BCUT2D eigenvalue weighted by molar-refractivity contribution is 5.90. The third-order valence-corrected chi connectivity index (χ3v) is 3.28. The summed E-state index contributed by atoms with van der Waals surface area (Å²) in [5, 5.41) is 9.47. The van der Waals surface area contributed by atoms with Crippen LogP contribution in [0.3, 0.4) is 0 Å². The minimum atomic E-state index is -4.47. The first kappa shape index (κ1) is 13.1. The van der Waals surface area contributed by atoms with E-state index in [4.69, 9.17) is 0 Å². The molecule has 1 aliphatic rings. The van der Waals surface area contributed by atoms with Crippen LogP contribution in [0.15, 0.2) is 24.3 Å². The van der Waals surface area contributed by atoms with Gasteiger partial charge in [-0.2, -0.15) is 13.2 Å². The molecular formula is C13H13F3O2. The SMILES string of the molecule is O=C1C(c2ccccc2C(F)(F)F)CCC[C@H]1O. The molecule has 1 unspecified atom stereocenters. The Kier molecular flexibility index (Phi) is 3.43. The average molecular weight is 258 g/mol. The highest BCUT2D eigenvalue weighted by Gasteiger charge is 2.39. The van der Waals surface area contributed by atoms with Gasteiger partial charge in [0.2, 0.25) is 0 Å². The first-order chi connectivity index (χ1) is 8.41. The second-order valence-corrected chi connectivity index (χ2v) is 4.49. The smallest absolute Gasteiger partial charge is 0.385 e. The molecule has 1 aromatic carbocycles. The van der Waals surface area contributed by atoms with Gasteiger partial charge in [-0.05, 0) is 30.9 Å². The molecule has 2 atom stereocenters. The molecule has 0 bridgehead atoms. The number of hydrogen-bond acceptors (Lipinski definition) is 2. The number of alkyl halides is 3. The molecule has 0 amide bonds. The number of benzene rings is 1. The van der Waals surface area contributed by atoms with E-state index in [1.807, 2.05) is 0 Å². The van der Waals surface area contributed by atoms with E-state index in [2.05, 4.69) is 0 Å². The second-order valence-electron chi connectivity index (χ2n) is 4.49. The fourth-order valence-corrected chi connectivity index (χ4v) is 2.40. The summed E-state index contributed by atoms with van der Waals surface area (Å²) in [6.45, 7) is 0. The van der Waals surface area contributed by atoms with Gasteiger partial charge in [0.15, 0.2) is 5.78 Å². The third kappa shape index (κ3) is 2.41. The maximum absolute atomic E-state index is 12.9. The van der Waals surface area contributed by atoms with Crippen molar-refractivity contribution in [2.75, 3.05) is 0 Å². The predicted octanol–water partition coefficient (Wildman–Crippen LogP) is 2.90. The number of carbonyl (C=O) groups is 1. The standard InChI is InChI=1S/C13H13F3O2/c14-13(15,16)10-6-2-1-4-8(10)9-5-3-7-11(17)12(9)18/h1-2,4,6,9,11,17H,3,5,7H2/t9?,11-/m1/s1. The van der Waals surface area contributed by atoms with Crippen molar-refractivity contribution in [3.63, 3.8) is 0 Å². The average Bonchev–Trinajstić information content (AvgIpc) is 2.32. The van der Waals surface area contributed by atoms with Crippen LogP contribution in [0.2, 0.25) is 0 Å². The molecule has 1 aromatic rings. The van der Waals surface area contributed by atoms with Crippen molar-refractivity contribution in [1.82, 2.24) is 0 Å². The zero-order valence-corrected chi connectivity index (χ0v) is 9.57. The van der Waals surface area contributed by atoms with Crippen molar-refractivity contribution in [2.45, 2.75) is 37.5 Å². The summed E-state index contributed by atoms with van der Waals surface area (Å²) < 4.78 is 38.6. The van der Waals surface area contributed by atoms with E-state index in [0.717, 1.165) is 6.07 Å². The molecule has 0 spiro atoms. The van der Waals surface area contributed by atoms with Crippen LogP contribution in [0.5, 0.6) is 0 Å². The third-order valence-electron chi connectivity index (χ3n) is 3.28. The molecule has 0 heterocycles. The Morgan fingerprint density at radius 3 is 2.50 bits per heavy atom. The van der Waals surface area contributed by atoms with Crippen LogP contribution in [-0.4, -0.2) is 17.0 Å². The molecule has 0 aliphatic heterocycles. The van der Waals surface area contributed by atoms with Crippen molar-refractivity contribution >= 4 is 5.78 Å². The van der Waals surface area contributed by atoms with Gasteiger partial charge in [-0.25, -0.2) is 0 Å². The first-order valence-electron chi connectivity index (χ1n) is 5.79. The van der Waals surface area contributed by atoms with Gasteiger partial charge >= 0.3 is 6.18 Å². The van der Waals surface area contributed by atoms with Crippen LogP contribution < -0.4 is 0 Å². The molecule has 5 heteroatoms. The molecular weight excluding hydrogens is 245 g/mol. The maximum Gasteiger partial charge on any atom is 0.416 e. The summed E-state index contributed by atoms with van der Waals surface area (Å²) >= 11 is 0. The molecule has 1 saturated carbocycles. The van der Waals surface area contributed by atoms with Crippen LogP contribution in [0, 0.1) is 0 Å². The number of aliphatic hydroxyl groups excluding tert-OH is 1. The Morgan fingerprint density at radius 2 is 1.83 bits per heavy atom. The number of halogens is 3. The molecule has 18 heavy (non-hydrogen) atoms. The van der Waals surface area contributed by atoms with Crippen molar-refractivity contribution in [2.24, 2.45) is 0 Å². The molecule has 0 aromatic heterocycles. The number of Topliss-reactive ketones (excluding diaryl/α,β-unsaturated/α-hetero) is 1. The van der Waals surface area contributed by atoms with E-state index < -0.39 is 29.5 Å².